The lowest BCUT2D eigenvalue weighted by molar-refractivity contribution is 0.103. The second-order valence-corrected chi connectivity index (χ2v) is 5.43. The van der Waals surface area contributed by atoms with Gasteiger partial charge in [0.15, 0.2) is 17.3 Å². The van der Waals surface area contributed by atoms with Crippen LogP contribution in [0, 0.1) is 5.82 Å². The number of ether oxygens (including phenoxy) is 2. The first kappa shape index (κ1) is 15.8. The van der Waals surface area contributed by atoms with Gasteiger partial charge < -0.3 is 9.47 Å². The molecular weight excluding hydrogens is 363 g/mol. The molecule has 6 heteroatoms. The van der Waals surface area contributed by atoms with E-state index in [4.69, 9.17) is 21.1 Å². The normalized spacial score (nSPS) is 10.3. The Balaban J connectivity index is 2.53. The molecule has 0 aliphatic carbocycles. The van der Waals surface area contributed by atoms with Crippen molar-refractivity contribution in [1.82, 2.24) is 0 Å². The van der Waals surface area contributed by atoms with Gasteiger partial charge in [-0.1, -0.05) is 11.6 Å². The van der Waals surface area contributed by atoms with Crippen molar-refractivity contribution in [3.8, 4) is 11.5 Å². The summed E-state index contributed by atoms with van der Waals surface area (Å²) in [5.74, 6) is -0.648. The molecule has 0 fully saturated rings. The third-order valence-electron chi connectivity index (χ3n) is 2.89. The third kappa shape index (κ3) is 3.19. The number of hydrogen-bond donors (Lipinski definition) is 0. The van der Waals surface area contributed by atoms with Gasteiger partial charge in [0.25, 0.3) is 0 Å². The SMILES string of the molecule is COc1cc(F)c(C(=O)c2ccc(Cl)cc2Br)cc1OC. The van der Waals surface area contributed by atoms with Crippen LogP contribution in [0.5, 0.6) is 11.5 Å². The Morgan fingerprint density at radius 3 is 2.29 bits per heavy atom. The smallest absolute Gasteiger partial charge is 0.197 e. The molecule has 0 saturated carbocycles. The van der Waals surface area contributed by atoms with Gasteiger partial charge in [0.1, 0.15) is 5.82 Å². The van der Waals surface area contributed by atoms with Crippen LogP contribution in [0.15, 0.2) is 34.8 Å². The Morgan fingerprint density at radius 2 is 1.71 bits per heavy atom. The van der Waals surface area contributed by atoms with Gasteiger partial charge in [-0.15, -0.1) is 0 Å². The fourth-order valence-corrected chi connectivity index (χ4v) is 2.71. The number of benzene rings is 2. The van der Waals surface area contributed by atoms with Gasteiger partial charge in [0, 0.05) is 21.1 Å². The van der Waals surface area contributed by atoms with Gasteiger partial charge >= 0.3 is 0 Å². The van der Waals surface area contributed by atoms with E-state index in [9.17, 15) is 9.18 Å². The Morgan fingerprint density at radius 1 is 1.10 bits per heavy atom. The van der Waals surface area contributed by atoms with Gasteiger partial charge in [-0.25, -0.2) is 4.39 Å². The third-order valence-corrected chi connectivity index (χ3v) is 3.78. The molecule has 0 amide bonds. The largest absolute Gasteiger partial charge is 0.493 e. The van der Waals surface area contributed by atoms with E-state index in [-0.39, 0.29) is 17.1 Å². The molecule has 0 radical (unpaired) electrons. The predicted octanol–water partition coefficient (Wildman–Crippen LogP) is 4.49. The molecule has 21 heavy (non-hydrogen) atoms. The molecule has 0 unspecified atom stereocenters. The number of halogens is 3. The highest BCUT2D eigenvalue weighted by Gasteiger charge is 2.20. The number of ketones is 1. The molecule has 0 N–H and O–H groups in total. The standard InChI is InChI=1S/C15H11BrClFO3/c1-20-13-6-10(12(18)7-14(13)21-2)15(19)9-4-3-8(17)5-11(9)16/h3-7H,1-2H3. The number of carbonyl (C=O) groups is 1. The first-order valence-corrected chi connectivity index (χ1v) is 7.06. The quantitative estimate of drug-likeness (QED) is 0.741. The molecule has 0 aliphatic heterocycles. The minimum absolute atomic E-state index is 0.101. The Labute approximate surface area is 134 Å². The molecule has 2 aromatic rings. The molecule has 0 bridgehead atoms. The summed E-state index contributed by atoms with van der Waals surface area (Å²) >= 11 is 9.08. The predicted molar refractivity (Wildman–Crippen MR) is 82.1 cm³/mol. The highest BCUT2D eigenvalue weighted by molar-refractivity contribution is 9.10. The van der Waals surface area contributed by atoms with Crippen LogP contribution in [0.3, 0.4) is 0 Å². The zero-order chi connectivity index (χ0) is 15.6. The van der Waals surface area contributed by atoms with Gasteiger partial charge in [-0.3, -0.25) is 4.79 Å². The minimum Gasteiger partial charge on any atom is -0.493 e. The van der Waals surface area contributed by atoms with Gasteiger partial charge in [0.2, 0.25) is 0 Å². The Bertz CT molecular complexity index is 704. The maximum Gasteiger partial charge on any atom is 0.197 e. The molecule has 0 atom stereocenters. The molecule has 2 rings (SSSR count). The molecule has 3 nitrogen and oxygen atoms in total. The van der Waals surface area contributed by atoms with Crippen molar-refractivity contribution in [3.05, 3.63) is 56.8 Å². The van der Waals surface area contributed by atoms with Crippen LogP contribution in [0.4, 0.5) is 4.39 Å². The molecule has 0 aromatic heterocycles. The summed E-state index contributed by atoms with van der Waals surface area (Å²) < 4.78 is 24.7. The van der Waals surface area contributed by atoms with E-state index < -0.39 is 11.6 Å². The van der Waals surface area contributed by atoms with Crippen molar-refractivity contribution < 1.29 is 18.7 Å². The maximum absolute atomic E-state index is 14.1. The van der Waals surface area contributed by atoms with Crippen LogP contribution in [0.25, 0.3) is 0 Å². The van der Waals surface area contributed by atoms with Crippen molar-refractivity contribution in [2.75, 3.05) is 14.2 Å². The molecule has 2 aromatic carbocycles. The van der Waals surface area contributed by atoms with Gasteiger partial charge in [-0.05, 0) is 40.2 Å². The Hall–Kier alpha value is -1.59. The fraction of sp³-hybridized carbons (Fsp3) is 0.133. The van der Waals surface area contributed by atoms with Crippen LogP contribution in [-0.4, -0.2) is 20.0 Å². The van der Waals surface area contributed by atoms with Crippen molar-refractivity contribution in [3.63, 3.8) is 0 Å². The molecule has 110 valence electrons. The second-order valence-electron chi connectivity index (χ2n) is 4.14. The Kier molecular flexibility index (Phi) is 4.85. The molecule has 0 aliphatic rings. The summed E-state index contributed by atoms with van der Waals surface area (Å²) in [6.45, 7) is 0. The summed E-state index contributed by atoms with van der Waals surface area (Å²) in [4.78, 5) is 12.5. The minimum atomic E-state index is -0.681. The van der Waals surface area contributed by atoms with E-state index in [1.165, 1.54) is 26.4 Å². The highest BCUT2D eigenvalue weighted by atomic mass is 79.9. The van der Waals surface area contributed by atoms with E-state index in [1.807, 2.05) is 0 Å². The van der Waals surface area contributed by atoms with Gasteiger partial charge in [0.05, 0.1) is 19.8 Å². The van der Waals surface area contributed by atoms with Crippen LogP contribution in [0.1, 0.15) is 15.9 Å². The van der Waals surface area contributed by atoms with E-state index >= 15 is 0 Å². The van der Waals surface area contributed by atoms with E-state index in [0.717, 1.165) is 6.07 Å². The van der Waals surface area contributed by atoms with Crippen molar-refractivity contribution in [2.45, 2.75) is 0 Å². The number of methoxy groups -OCH3 is 2. The summed E-state index contributed by atoms with van der Waals surface area (Å²) in [7, 11) is 2.82. The lowest BCUT2D eigenvalue weighted by atomic mass is 10.0. The number of rotatable bonds is 4. The first-order valence-electron chi connectivity index (χ1n) is 5.89. The van der Waals surface area contributed by atoms with Crippen molar-refractivity contribution in [1.29, 1.82) is 0 Å². The average molecular weight is 374 g/mol. The van der Waals surface area contributed by atoms with E-state index in [1.54, 1.807) is 12.1 Å². The fourth-order valence-electron chi connectivity index (χ4n) is 1.85. The molecule has 0 spiro atoms. The van der Waals surface area contributed by atoms with E-state index in [2.05, 4.69) is 15.9 Å². The van der Waals surface area contributed by atoms with Crippen molar-refractivity contribution in [2.24, 2.45) is 0 Å². The topological polar surface area (TPSA) is 35.5 Å². The van der Waals surface area contributed by atoms with Crippen LogP contribution < -0.4 is 9.47 Å². The average Bonchev–Trinajstić information content (AvgIpc) is 2.46. The lowest BCUT2D eigenvalue weighted by Gasteiger charge is -2.11. The molecular formula is C15H11BrClFO3. The van der Waals surface area contributed by atoms with Gasteiger partial charge in [-0.2, -0.15) is 0 Å². The lowest BCUT2D eigenvalue weighted by Crippen LogP contribution is -2.06. The summed E-state index contributed by atoms with van der Waals surface area (Å²) in [6, 6.07) is 7.12. The molecule has 0 heterocycles. The first-order chi connectivity index (χ1) is 9.97. The number of carbonyl (C=O) groups excluding carboxylic acids is 1. The second kappa shape index (κ2) is 6.45. The van der Waals surface area contributed by atoms with Crippen LogP contribution >= 0.6 is 27.5 Å². The monoisotopic (exact) mass is 372 g/mol. The summed E-state index contributed by atoms with van der Waals surface area (Å²) in [5, 5.41) is 0.478. The highest BCUT2D eigenvalue weighted by Crippen LogP contribution is 2.32. The van der Waals surface area contributed by atoms with Crippen LogP contribution in [-0.2, 0) is 0 Å². The summed E-state index contributed by atoms with van der Waals surface area (Å²) in [6.07, 6.45) is 0. The molecule has 0 saturated heterocycles. The zero-order valence-corrected chi connectivity index (χ0v) is 13.6. The maximum atomic E-state index is 14.1. The zero-order valence-electron chi connectivity index (χ0n) is 11.2. The van der Waals surface area contributed by atoms with Crippen molar-refractivity contribution >= 4 is 33.3 Å². The number of hydrogen-bond acceptors (Lipinski definition) is 3. The van der Waals surface area contributed by atoms with E-state index in [0.29, 0.717) is 15.1 Å². The van der Waals surface area contributed by atoms with Crippen LogP contribution in [0.2, 0.25) is 5.02 Å². The summed E-state index contributed by atoms with van der Waals surface area (Å²) in [5.41, 5.74) is 0.209.